The first-order valence-electron chi connectivity index (χ1n) is 9.70. The van der Waals surface area contributed by atoms with E-state index < -0.39 is 11.9 Å². The smallest absolute Gasteiger partial charge is 0.434 e. The molecule has 3 aromatic heterocycles. The summed E-state index contributed by atoms with van der Waals surface area (Å²) in [5, 5.41) is 11.0. The highest BCUT2D eigenvalue weighted by Gasteiger charge is 2.19. The molecule has 0 saturated heterocycles. The molecule has 0 unspecified atom stereocenters. The van der Waals surface area contributed by atoms with Gasteiger partial charge in [0.2, 0.25) is 5.89 Å². The van der Waals surface area contributed by atoms with E-state index in [4.69, 9.17) is 14.9 Å². The number of pyridine rings is 1. The van der Waals surface area contributed by atoms with Gasteiger partial charge in [0.1, 0.15) is 11.9 Å². The summed E-state index contributed by atoms with van der Waals surface area (Å²) in [5.41, 5.74) is 8.73. The average Bonchev–Trinajstić information content (AvgIpc) is 3.46. The molecule has 0 aliphatic carbocycles. The standard InChI is InChI=1S/C22H17FN6O3/c1-12(31-19-11-14-9-15(23)4-5-17(14)26-20(19)24)16-10-13(21-27-28-22(30)32-21)3-6-18(16)29-8-2-7-25-29/h2-12H,1H3,(H2,24,26)(H,28,30)/t12-/m0/s1. The van der Waals surface area contributed by atoms with Gasteiger partial charge >= 0.3 is 5.76 Å². The molecule has 0 radical (unpaired) electrons. The van der Waals surface area contributed by atoms with Gasteiger partial charge in [0.15, 0.2) is 11.6 Å². The molecule has 9 nitrogen and oxygen atoms in total. The number of nitrogens with one attached hydrogen (secondary N) is 1. The number of nitrogen functional groups attached to an aromatic ring is 1. The number of anilines is 1. The van der Waals surface area contributed by atoms with Crippen molar-refractivity contribution in [2.45, 2.75) is 13.0 Å². The molecule has 0 spiro atoms. The van der Waals surface area contributed by atoms with Gasteiger partial charge in [0, 0.05) is 28.9 Å². The molecule has 5 aromatic rings. The zero-order valence-corrected chi connectivity index (χ0v) is 16.8. The zero-order valence-electron chi connectivity index (χ0n) is 16.8. The third-order valence-electron chi connectivity index (χ3n) is 4.98. The predicted molar refractivity (Wildman–Crippen MR) is 115 cm³/mol. The molecular formula is C22H17FN6O3. The van der Waals surface area contributed by atoms with E-state index in [9.17, 15) is 9.18 Å². The predicted octanol–water partition coefficient (Wildman–Crippen LogP) is 3.63. The molecule has 10 heteroatoms. The third-order valence-corrected chi connectivity index (χ3v) is 4.98. The van der Waals surface area contributed by atoms with Crippen molar-refractivity contribution in [3.63, 3.8) is 0 Å². The largest absolute Gasteiger partial charge is 0.482 e. The van der Waals surface area contributed by atoms with Gasteiger partial charge in [-0.15, -0.1) is 5.10 Å². The van der Waals surface area contributed by atoms with Crippen molar-refractivity contribution in [1.82, 2.24) is 25.0 Å². The maximum Gasteiger partial charge on any atom is 0.434 e. The van der Waals surface area contributed by atoms with Crippen LogP contribution < -0.4 is 16.2 Å². The number of ether oxygens (including phenoxy) is 1. The first kappa shape index (κ1) is 19.5. The molecule has 160 valence electrons. The molecule has 3 heterocycles. The summed E-state index contributed by atoms with van der Waals surface area (Å²) < 4.78 is 26.6. The Hall–Kier alpha value is -4.47. The minimum atomic E-state index is -0.649. The number of nitrogens with zero attached hydrogens (tertiary/aromatic N) is 4. The highest BCUT2D eigenvalue weighted by Crippen LogP contribution is 2.33. The maximum atomic E-state index is 13.7. The van der Waals surface area contributed by atoms with Crippen molar-refractivity contribution in [2.75, 3.05) is 5.73 Å². The molecule has 0 aliphatic heterocycles. The summed E-state index contributed by atoms with van der Waals surface area (Å²) in [6, 6.07) is 13.1. The minimum Gasteiger partial charge on any atom is -0.482 e. The quantitative estimate of drug-likeness (QED) is 0.434. The SMILES string of the molecule is C[C@H](Oc1cc2cc(F)ccc2nc1N)c1cc(-c2n[nH]c(=O)o2)ccc1-n1cccn1. The average molecular weight is 432 g/mol. The van der Waals surface area contributed by atoms with E-state index in [1.807, 2.05) is 13.0 Å². The summed E-state index contributed by atoms with van der Waals surface area (Å²) in [6.45, 7) is 1.84. The molecule has 0 fully saturated rings. The number of H-pyrrole nitrogens is 1. The second kappa shape index (κ2) is 7.65. The van der Waals surface area contributed by atoms with Crippen LogP contribution in [0.2, 0.25) is 0 Å². The van der Waals surface area contributed by atoms with Crippen LogP contribution in [0.15, 0.2) is 70.1 Å². The molecule has 5 rings (SSSR count). The van der Waals surface area contributed by atoms with E-state index in [0.29, 0.717) is 22.2 Å². The van der Waals surface area contributed by atoms with E-state index >= 15 is 0 Å². The van der Waals surface area contributed by atoms with Gasteiger partial charge in [-0.05, 0) is 55.5 Å². The van der Waals surface area contributed by atoms with Crippen LogP contribution in [0.25, 0.3) is 28.0 Å². The lowest BCUT2D eigenvalue weighted by Gasteiger charge is -2.20. The van der Waals surface area contributed by atoms with E-state index in [1.165, 1.54) is 12.1 Å². The van der Waals surface area contributed by atoms with Crippen LogP contribution in [0, 0.1) is 5.82 Å². The van der Waals surface area contributed by atoms with E-state index in [2.05, 4.69) is 20.3 Å². The first-order valence-corrected chi connectivity index (χ1v) is 9.70. The molecular weight excluding hydrogens is 415 g/mol. The van der Waals surface area contributed by atoms with Gasteiger partial charge in [-0.25, -0.2) is 23.9 Å². The van der Waals surface area contributed by atoms with Crippen molar-refractivity contribution in [3.8, 4) is 22.9 Å². The highest BCUT2D eigenvalue weighted by atomic mass is 19.1. The fourth-order valence-electron chi connectivity index (χ4n) is 3.48. The van der Waals surface area contributed by atoms with Crippen LogP contribution in [-0.2, 0) is 0 Å². The van der Waals surface area contributed by atoms with Gasteiger partial charge in [0.05, 0.1) is 11.2 Å². The summed E-state index contributed by atoms with van der Waals surface area (Å²) in [6.07, 6.45) is 2.94. The topological polar surface area (TPSA) is 125 Å². The van der Waals surface area contributed by atoms with Crippen LogP contribution in [0.1, 0.15) is 18.6 Å². The lowest BCUT2D eigenvalue weighted by molar-refractivity contribution is 0.227. The third kappa shape index (κ3) is 3.58. The molecule has 1 atom stereocenters. The number of nitrogens with two attached hydrogens (primary N) is 1. The van der Waals surface area contributed by atoms with Crippen molar-refractivity contribution in [3.05, 3.63) is 82.9 Å². The van der Waals surface area contributed by atoms with Crippen LogP contribution in [0.3, 0.4) is 0 Å². The van der Waals surface area contributed by atoms with Crippen LogP contribution >= 0.6 is 0 Å². The number of fused-ring (bicyclic) bond motifs is 1. The lowest BCUT2D eigenvalue weighted by atomic mass is 10.0. The number of hydrogen-bond acceptors (Lipinski definition) is 7. The number of aromatic amines is 1. The van der Waals surface area contributed by atoms with Crippen molar-refractivity contribution < 1.29 is 13.5 Å². The fourth-order valence-corrected chi connectivity index (χ4v) is 3.48. The van der Waals surface area contributed by atoms with Crippen LogP contribution in [0.5, 0.6) is 5.75 Å². The van der Waals surface area contributed by atoms with Gasteiger partial charge in [0.25, 0.3) is 0 Å². The van der Waals surface area contributed by atoms with E-state index in [1.54, 1.807) is 47.4 Å². The Morgan fingerprint density at radius 1 is 1.22 bits per heavy atom. The van der Waals surface area contributed by atoms with E-state index in [-0.39, 0.29) is 17.5 Å². The molecule has 0 aliphatic rings. The summed E-state index contributed by atoms with van der Waals surface area (Å²) in [4.78, 5) is 15.7. The normalized spacial score (nSPS) is 12.2. The van der Waals surface area contributed by atoms with Crippen molar-refractivity contribution >= 4 is 16.7 Å². The summed E-state index contributed by atoms with van der Waals surface area (Å²) in [5.74, 6) is -0.371. The maximum absolute atomic E-state index is 13.7. The van der Waals surface area contributed by atoms with Gasteiger partial charge in [-0.1, -0.05) is 0 Å². The molecule has 2 aromatic carbocycles. The lowest BCUT2D eigenvalue weighted by Crippen LogP contribution is -2.10. The first-order chi connectivity index (χ1) is 15.5. The summed E-state index contributed by atoms with van der Waals surface area (Å²) >= 11 is 0. The van der Waals surface area contributed by atoms with Gasteiger partial charge in [-0.3, -0.25) is 0 Å². The second-order valence-corrected chi connectivity index (χ2v) is 7.11. The number of benzene rings is 2. The van der Waals surface area contributed by atoms with Gasteiger partial charge < -0.3 is 14.9 Å². The molecule has 3 N–H and O–H groups in total. The second-order valence-electron chi connectivity index (χ2n) is 7.11. The van der Waals surface area contributed by atoms with Crippen LogP contribution in [-0.4, -0.2) is 25.0 Å². The van der Waals surface area contributed by atoms with Crippen LogP contribution in [0.4, 0.5) is 10.2 Å². The number of hydrogen-bond donors (Lipinski definition) is 2. The van der Waals surface area contributed by atoms with Crippen molar-refractivity contribution in [2.24, 2.45) is 0 Å². The highest BCUT2D eigenvalue weighted by molar-refractivity contribution is 5.82. The Bertz CT molecular complexity index is 1480. The Labute approximate surface area is 180 Å². The number of aromatic nitrogens is 5. The van der Waals surface area contributed by atoms with Crippen molar-refractivity contribution in [1.29, 1.82) is 0 Å². The Kier molecular flexibility index (Phi) is 4.66. The Morgan fingerprint density at radius 3 is 2.84 bits per heavy atom. The Balaban J connectivity index is 1.57. The summed E-state index contributed by atoms with van der Waals surface area (Å²) in [7, 11) is 0. The molecule has 32 heavy (non-hydrogen) atoms. The molecule has 0 bridgehead atoms. The molecule has 0 amide bonds. The Morgan fingerprint density at radius 2 is 2.09 bits per heavy atom. The van der Waals surface area contributed by atoms with Gasteiger partial charge in [-0.2, -0.15) is 5.10 Å². The molecule has 0 saturated carbocycles. The zero-order chi connectivity index (χ0) is 22.2. The monoisotopic (exact) mass is 432 g/mol. The fraction of sp³-hybridized carbons (Fsp3) is 0.0909. The minimum absolute atomic E-state index is 0.151. The van der Waals surface area contributed by atoms with E-state index in [0.717, 1.165) is 11.3 Å². The number of halogens is 1. The number of rotatable bonds is 5.